The van der Waals surface area contributed by atoms with Crippen molar-refractivity contribution in [2.45, 2.75) is 39.4 Å². The second-order valence-corrected chi connectivity index (χ2v) is 25.8. The highest BCUT2D eigenvalue weighted by molar-refractivity contribution is 5.98. The van der Waals surface area contributed by atoms with Crippen LogP contribution in [0.15, 0.2) is 220 Å². The Labute approximate surface area is 631 Å². The Morgan fingerprint density at radius 2 is 0.560 bits per heavy atom. The predicted molar refractivity (Wildman–Crippen MR) is 411 cm³/mol. The van der Waals surface area contributed by atoms with Crippen molar-refractivity contribution in [3.05, 3.63) is 292 Å². The lowest BCUT2D eigenvalue weighted by Gasteiger charge is -2.30. The van der Waals surface area contributed by atoms with E-state index in [1.165, 1.54) is 72.2 Å². The van der Waals surface area contributed by atoms with Crippen molar-refractivity contribution in [1.82, 2.24) is 64.5 Å². The first-order valence-electron chi connectivity index (χ1n) is 35.8. The average molecular weight is 1490 g/mol. The van der Waals surface area contributed by atoms with Gasteiger partial charge in [-0.05, 0) is 52.1 Å². The Morgan fingerprint density at radius 1 is 0.321 bits per heavy atom. The van der Waals surface area contributed by atoms with E-state index in [9.17, 15) is 53.1 Å². The number of carboxylic acid groups (broad SMARTS) is 1. The first-order chi connectivity index (χ1) is 52.8. The smallest absolute Gasteiger partial charge is 0.407 e. The fraction of sp³-hybridized carbons (Fsp3) is 0.309. The zero-order valence-electron chi connectivity index (χ0n) is 61.6. The molecule has 572 valence electrons. The Hall–Kier alpha value is -12.4. The Morgan fingerprint density at radius 3 is 0.817 bits per heavy atom. The number of ether oxygens (including phenoxy) is 4. The molecule has 0 saturated heterocycles. The molecule has 28 heteroatoms. The summed E-state index contributed by atoms with van der Waals surface area (Å²) < 4.78 is 29.4. The molecule has 4 heterocycles. The molecule has 0 spiro atoms. The number of carbonyl (C=O) groups excluding carboxylic acids is 5. The molecule has 0 aliphatic rings. The maximum Gasteiger partial charge on any atom is 0.407 e. The zero-order chi connectivity index (χ0) is 77.4. The molecule has 0 radical (unpaired) electrons. The highest BCUT2D eigenvalue weighted by Gasteiger charge is 2.25. The summed E-state index contributed by atoms with van der Waals surface area (Å²) in [5, 5.41) is 24.9. The fourth-order valence-corrected chi connectivity index (χ4v) is 11.6. The normalized spacial score (nSPS) is 11.1. The summed E-state index contributed by atoms with van der Waals surface area (Å²) in [5.74, 6) is -3.24. The molecular formula is C81H93N13O15. The molecule has 0 unspecified atom stereocenters. The van der Waals surface area contributed by atoms with Gasteiger partial charge in [0.25, 0.3) is 45.9 Å². The minimum Gasteiger partial charge on any atom is -0.482 e. The number of benzene rings is 5. The molecule has 5 aromatic carbocycles. The topological polar surface area (TPSA) is 321 Å². The van der Waals surface area contributed by atoms with Crippen LogP contribution in [0.1, 0.15) is 75.7 Å². The number of carbonyl (C=O) groups is 6. The van der Waals surface area contributed by atoms with Gasteiger partial charge >= 0.3 is 6.09 Å². The van der Waals surface area contributed by atoms with Gasteiger partial charge in [-0.15, -0.1) is 0 Å². The molecule has 109 heavy (non-hydrogen) atoms. The zero-order valence-corrected chi connectivity index (χ0v) is 61.6. The molecule has 0 atom stereocenters. The van der Waals surface area contributed by atoms with E-state index < -0.39 is 57.9 Å². The molecule has 28 nitrogen and oxygen atoms in total. The third-order valence-electron chi connectivity index (χ3n) is 17.9. The van der Waals surface area contributed by atoms with Crippen LogP contribution in [0.25, 0.3) is 0 Å². The van der Waals surface area contributed by atoms with Crippen molar-refractivity contribution in [3.63, 3.8) is 0 Å². The Balaban J connectivity index is 0.962. The number of hydrogen-bond donors (Lipinski definition) is 6. The maximum atomic E-state index is 14.2. The van der Waals surface area contributed by atoms with Gasteiger partial charge in [-0.25, -0.2) is 4.79 Å². The van der Waals surface area contributed by atoms with Gasteiger partial charge in [0.15, 0.2) is 23.0 Å². The van der Waals surface area contributed by atoms with Crippen LogP contribution in [0.2, 0.25) is 0 Å². The molecule has 6 amide bonds. The van der Waals surface area contributed by atoms with Crippen LogP contribution in [-0.2, 0) is 66.0 Å². The molecule has 6 N–H and O–H groups in total. The van der Waals surface area contributed by atoms with E-state index in [1.807, 2.05) is 137 Å². The van der Waals surface area contributed by atoms with Gasteiger partial charge in [0, 0.05) is 164 Å². The van der Waals surface area contributed by atoms with Crippen molar-refractivity contribution in [2.75, 3.05) is 98.2 Å². The third-order valence-corrected chi connectivity index (χ3v) is 17.9. The number of nitrogens with zero attached hydrogens (tertiary/aromatic N) is 8. The number of aryl methyl sites for hydroxylation is 4. The van der Waals surface area contributed by atoms with Gasteiger partial charge in [-0.1, -0.05) is 152 Å². The highest BCUT2D eigenvalue weighted by atomic mass is 16.5. The van der Waals surface area contributed by atoms with Crippen LogP contribution in [0.4, 0.5) is 4.79 Å². The third kappa shape index (κ3) is 24.6. The van der Waals surface area contributed by atoms with Crippen molar-refractivity contribution >= 4 is 35.6 Å². The van der Waals surface area contributed by atoms with E-state index in [2.05, 4.69) is 31.5 Å². The van der Waals surface area contributed by atoms with Crippen LogP contribution in [0.3, 0.4) is 0 Å². The van der Waals surface area contributed by atoms with Crippen LogP contribution >= 0.6 is 0 Å². The van der Waals surface area contributed by atoms with Crippen molar-refractivity contribution in [1.29, 1.82) is 0 Å². The lowest BCUT2D eigenvalue weighted by Crippen LogP contribution is -2.47. The number of hydrogen-bond acceptors (Lipinski definition) is 17. The van der Waals surface area contributed by atoms with E-state index in [-0.39, 0.29) is 170 Å². The SMILES string of the molecule is Cn1ccc(C(=O)NCCN(CCNC(=O)c2ccn(C)c(=O)c2OCc2ccccc2)CCN(CCNC(=O)CCN(Cc2ccccc2)C(=O)O)CCN(CCNC(=O)c2ccn(C)c(=O)c2OCc2ccccc2)CCNC(=O)c2ccn(C)c(=O)c2OCc2ccccc2)c(OCc2ccccc2)c1=O. The van der Waals surface area contributed by atoms with E-state index in [4.69, 9.17) is 18.9 Å². The molecule has 0 aliphatic carbocycles. The summed E-state index contributed by atoms with van der Waals surface area (Å²) in [4.78, 5) is 144. The fourth-order valence-electron chi connectivity index (χ4n) is 11.6. The largest absolute Gasteiger partial charge is 0.482 e. The minimum absolute atomic E-state index is 0.0211. The summed E-state index contributed by atoms with van der Waals surface area (Å²) >= 11 is 0. The summed E-state index contributed by atoms with van der Waals surface area (Å²) in [6.45, 7) is 2.55. The van der Waals surface area contributed by atoms with Gasteiger partial charge < -0.3 is 73.8 Å². The van der Waals surface area contributed by atoms with Crippen molar-refractivity contribution in [3.8, 4) is 23.0 Å². The molecular weight excluding hydrogens is 1390 g/mol. The molecule has 0 bridgehead atoms. The minimum atomic E-state index is -1.19. The first-order valence-corrected chi connectivity index (χ1v) is 35.8. The molecule has 0 aliphatic heterocycles. The van der Waals surface area contributed by atoms with E-state index in [0.29, 0.717) is 13.1 Å². The van der Waals surface area contributed by atoms with Gasteiger partial charge in [0.1, 0.15) is 26.4 Å². The Bertz CT molecular complexity index is 4250. The number of nitrogens with one attached hydrogen (secondary N) is 5. The predicted octanol–water partition coefficient (Wildman–Crippen LogP) is 5.41. The van der Waals surface area contributed by atoms with Crippen LogP contribution < -0.4 is 67.8 Å². The van der Waals surface area contributed by atoms with Crippen molar-refractivity contribution in [2.24, 2.45) is 28.2 Å². The molecule has 9 rings (SSSR count). The van der Waals surface area contributed by atoms with Gasteiger partial charge in [-0.2, -0.15) is 0 Å². The van der Waals surface area contributed by atoms with Crippen LogP contribution in [-0.4, -0.2) is 177 Å². The van der Waals surface area contributed by atoms with Crippen molar-refractivity contribution < 1.29 is 52.8 Å². The van der Waals surface area contributed by atoms with E-state index in [1.54, 1.807) is 52.5 Å². The second kappa shape index (κ2) is 41.5. The number of aromatic nitrogens is 4. The van der Waals surface area contributed by atoms with Crippen LogP contribution in [0.5, 0.6) is 23.0 Å². The molecule has 0 fully saturated rings. The second-order valence-electron chi connectivity index (χ2n) is 25.8. The summed E-state index contributed by atoms with van der Waals surface area (Å²) in [6, 6.07) is 51.8. The number of amides is 6. The molecule has 4 aromatic heterocycles. The van der Waals surface area contributed by atoms with E-state index >= 15 is 0 Å². The van der Waals surface area contributed by atoms with Crippen LogP contribution in [0, 0.1) is 0 Å². The molecule has 0 saturated carbocycles. The number of rotatable bonds is 42. The van der Waals surface area contributed by atoms with Gasteiger partial charge in [0.2, 0.25) is 5.91 Å². The lowest BCUT2D eigenvalue weighted by atomic mass is 10.2. The average Bonchev–Trinajstić information content (AvgIpc) is 0.842. The quantitative estimate of drug-likeness (QED) is 0.0279. The Kier molecular flexibility index (Phi) is 30.7. The lowest BCUT2D eigenvalue weighted by molar-refractivity contribution is -0.121. The highest BCUT2D eigenvalue weighted by Crippen LogP contribution is 2.20. The number of pyridine rings is 4. The van der Waals surface area contributed by atoms with Gasteiger partial charge in [-0.3, -0.25) is 57.9 Å². The monoisotopic (exact) mass is 1490 g/mol. The first kappa shape index (κ1) is 80.7. The van der Waals surface area contributed by atoms with E-state index in [0.717, 1.165) is 27.8 Å². The summed E-state index contributed by atoms with van der Waals surface area (Å²) in [7, 11) is 6.22. The summed E-state index contributed by atoms with van der Waals surface area (Å²) in [6.07, 6.45) is 4.59. The standard InChI is InChI=1S/C81H93N13O15/c1-87-40-30-64(69(77(87)100)106-55-60-22-12-6-13-23-60)73(96)83-36-46-91(47-37-84-74(97)65-31-41-88(2)78(101)70(65)107-56-61-24-14-7-15-25-61)50-52-93(45-35-82-68(95)34-44-94(81(104)105)54-59-20-10-5-11-21-59)53-51-92(48-38-85-75(98)66-32-42-89(3)79(102)71(66)108-57-62-26-16-8-17-27-62)49-39-86-76(99)67-33-43-90(4)80(103)72(67)109-58-63-28-18-9-19-29-63/h5-33,40-43H,34-39,44-58H2,1-4H3,(H,82,95)(H,83,96)(H,84,97)(H,85,98)(H,86,99)(H,104,105). The summed E-state index contributed by atoms with van der Waals surface area (Å²) in [5.41, 5.74) is 1.90. The maximum absolute atomic E-state index is 14.2. The molecule has 9 aromatic rings. The van der Waals surface area contributed by atoms with Gasteiger partial charge in [0.05, 0.1) is 22.3 Å².